The Morgan fingerprint density at radius 3 is 2.57 bits per heavy atom. The van der Waals surface area contributed by atoms with Gasteiger partial charge in [-0.2, -0.15) is 0 Å². The van der Waals surface area contributed by atoms with Crippen LogP contribution in [0.5, 0.6) is 0 Å². The number of piperidine rings is 1. The Kier molecular flexibility index (Phi) is 7.47. The summed E-state index contributed by atoms with van der Waals surface area (Å²) in [5, 5.41) is 0. The Morgan fingerprint density at radius 1 is 1.05 bits per heavy atom. The summed E-state index contributed by atoms with van der Waals surface area (Å²) in [6, 6.07) is 9.99. The monoisotopic (exact) mass is 289 g/mol. The molecule has 1 fully saturated rings. The molecule has 1 saturated heterocycles. The van der Waals surface area contributed by atoms with Gasteiger partial charge in [0, 0.05) is 6.42 Å². The molecule has 2 rings (SSSR count). The first-order chi connectivity index (χ1) is 10.3. The van der Waals surface area contributed by atoms with E-state index >= 15 is 0 Å². The molecule has 1 aliphatic rings. The number of benzene rings is 1. The van der Waals surface area contributed by atoms with Crippen molar-refractivity contribution in [1.82, 2.24) is 4.90 Å². The first-order valence-corrected chi connectivity index (χ1v) is 8.20. The van der Waals surface area contributed by atoms with Crippen LogP contribution in [0.3, 0.4) is 0 Å². The summed E-state index contributed by atoms with van der Waals surface area (Å²) in [5.74, 6) is 0.226. The number of carbonyl (C=O) groups excluding carboxylic acids is 1. The Bertz CT molecular complexity index is 399. The minimum absolute atomic E-state index is 0.226. The molecule has 3 heteroatoms. The van der Waals surface area contributed by atoms with Crippen LogP contribution >= 0.6 is 0 Å². The number of likely N-dealkylation sites (tertiary alicyclic amines) is 1. The van der Waals surface area contributed by atoms with Gasteiger partial charge in [-0.1, -0.05) is 36.8 Å². The van der Waals surface area contributed by atoms with E-state index in [0.29, 0.717) is 13.0 Å². The van der Waals surface area contributed by atoms with Gasteiger partial charge >= 0.3 is 0 Å². The van der Waals surface area contributed by atoms with Gasteiger partial charge in [-0.3, -0.25) is 4.79 Å². The zero-order valence-corrected chi connectivity index (χ0v) is 12.9. The van der Waals surface area contributed by atoms with Gasteiger partial charge in [0.15, 0.2) is 5.78 Å². The topological polar surface area (TPSA) is 29.5 Å². The van der Waals surface area contributed by atoms with Gasteiger partial charge in [0.25, 0.3) is 0 Å². The zero-order valence-electron chi connectivity index (χ0n) is 12.9. The number of nitrogens with zero attached hydrogens (tertiary/aromatic N) is 1. The molecule has 116 valence electrons. The second-order valence-electron chi connectivity index (χ2n) is 5.88. The van der Waals surface area contributed by atoms with Crippen LogP contribution in [0.1, 0.15) is 44.1 Å². The lowest BCUT2D eigenvalue weighted by molar-refractivity contribution is -0.124. The third-order valence-electron chi connectivity index (χ3n) is 4.00. The van der Waals surface area contributed by atoms with E-state index in [0.717, 1.165) is 24.9 Å². The first kappa shape index (κ1) is 16.2. The van der Waals surface area contributed by atoms with E-state index < -0.39 is 0 Å². The minimum atomic E-state index is 0.226. The van der Waals surface area contributed by atoms with Crippen molar-refractivity contribution in [2.75, 3.05) is 26.2 Å². The fourth-order valence-corrected chi connectivity index (χ4v) is 2.77. The predicted octanol–water partition coefficient (Wildman–Crippen LogP) is 3.43. The number of hydrogen-bond donors (Lipinski definition) is 0. The lowest BCUT2D eigenvalue weighted by Gasteiger charge is -2.26. The normalized spacial score (nSPS) is 16.0. The fraction of sp³-hybridized carbons (Fsp3) is 0.611. The van der Waals surface area contributed by atoms with E-state index in [1.807, 2.05) is 30.3 Å². The molecule has 21 heavy (non-hydrogen) atoms. The summed E-state index contributed by atoms with van der Waals surface area (Å²) in [4.78, 5) is 14.3. The van der Waals surface area contributed by atoms with Crippen LogP contribution in [0.4, 0.5) is 0 Å². The average Bonchev–Trinajstić information content (AvgIpc) is 2.54. The molecule has 1 aromatic rings. The maximum absolute atomic E-state index is 11.7. The summed E-state index contributed by atoms with van der Waals surface area (Å²) in [5.41, 5.74) is 1.12. The Morgan fingerprint density at radius 2 is 1.81 bits per heavy atom. The number of carbonyl (C=O) groups is 1. The van der Waals surface area contributed by atoms with E-state index in [1.165, 1.54) is 32.4 Å². The summed E-state index contributed by atoms with van der Waals surface area (Å²) < 4.78 is 5.47. The van der Waals surface area contributed by atoms with Crippen LogP contribution in [0.25, 0.3) is 0 Å². The maximum atomic E-state index is 11.7. The molecular formula is C18H27NO2. The average molecular weight is 289 g/mol. The summed E-state index contributed by atoms with van der Waals surface area (Å²) in [6.07, 6.45) is 6.84. The molecule has 0 unspecified atom stereocenters. The Labute approximate surface area is 128 Å². The van der Waals surface area contributed by atoms with Gasteiger partial charge in [-0.05, 0) is 50.9 Å². The summed E-state index contributed by atoms with van der Waals surface area (Å²) in [7, 11) is 0. The van der Waals surface area contributed by atoms with Crippen LogP contribution < -0.4 is 0 Å². The van der Waals surface area contributed by atoms with Crippen molar-refractivity contribution < 1.29 is 9.53 Å². The van der Waals surface area contributed by atoms with Crippen molar-refractivity contribution in [3.8, 4) is 0 Å². The quantitative estimate of drug-likeness (QED) is 0.652. The minimum Gasteiger partial charge on any atom is -0.369 e. The lowest BCUT2D eigenvalue weighted by atomic mass is 10.1. The van der Waals surface area contributed by atoms with Gasteiger partial charge in [-0.25, -0.2) is 0 Å². The van der Waals surface area contributed by atoms with Crippen molar-refractivity contribution >= 4 is 5.78 Å². The summed E-state index contributed by atoms with van der Waals surface area (Å²) in [6.45, 7) is 4.42. The molecule has 3 nitrogen and oxygen atoms in total. The second-order valence-corrected chi connectivity index (χ2v) is 5.88. The molecule has 0 aliphatic carbocycles. The Hall–Kier alpha value is -1.19. The van der Waals surface area contributed by atoms with Crippen molar-refractivity contribution in [2.45, 2.75) is 45.1 Å². The van der Waals surface area contributed by atoms with E-state index in [9.17, 15) is 4.79 Å². The van der Waals surface area contributed by atoms with Crippen molar-refractivity contribution in [3.05, 3.63) is 35.9 Å². The number of unbranched alkanes of at least 4 members (excludes halogenated alkanes) is 1. The molecule has 0 spiro atoms. The molecule has 0 atom stereocenters. The number of Topliss-reactive ketones (excluding diaryl/α,β-unsaturated/α-hetero) is 1. The van der Waals surface area contributed by atoms with E-state index in [2.05, 4.69) is 4.90 Å². The largest absolute Gasteiger partial charge is 0.369 e. The fourth-order valence-electron chi connectivity index (χ4n) is 2.77. The smallest absolute Gasteiger partial charge is 0.158 e. The van der Waals surface area contributed by atoms with E-state index in [1.54, 1.807) is 0 Å². The lowest BCUT2D eigenvalue weighted by Crippen LogP contribution is -2.30. The highest BCUT2D eigenvalue weighted by molar-refractivity contribution is 5.79. The molecule has 1 heterocycles. The van der Waals surface area contributed by atoms with Crippen LogP contribution in [-0.4, -0.2) is 36.9 Å². The van der Waals surface area contributed by atoms with Crippen LogP contribution in [0.2, 0.25) is 0 Å². The van der Waals surface area contributed by atoms with Gasteiger partial charge < -0.3 is 9.64 Å². The number of ether oxygens (including phenoxy) is 1. The molecule has 0 bridgehead atoms. The SMILES string of the molecule is O=C(CCCCN1CCCCC1)COCc1ccccc1. The van der Waals surface area contributed by atoms with Crippen molar-refractivity contribution in [3.63, 3.8) is 0 Å². The number of ketones is 1. The van der Waals surface area contributed by atoms with Gasteiger partial charge in [0.05, 0.1) is 6.61 Å². The van der Waals surface area contributed by atoms with Gasteiger partial charge in [-0.15, -0.1) is 0 Å². The molecule has 0 amide bonds. The van der Waals surface area contributed by atoms with E-state index in [-0.39, 0.29) is 12.4 Å². The molecule has 0 aromatic heterocycles. The Balaban J connectivity index is 1.47. The van der Waals surface area contributed by atoms with Crippen LogP contribution in [0.15, 0.2) is 30.3 Å². The van der Waals surface area contributed by atoms with Gasteiger partial charge in [0.2, 0.25) is 0 Å². The molecule has 0 radical (unpaired) electrons. The third kappa shape index (κ3) is 6.87. The first-order valence-electron chi connectivity index (χ1n) is 8.20. The number of rotatable bonds is 9. The van der Waals surface area contributed by atoms with Crippen LogP contribution in [0, 0.1) is 0 Å². The molecular weight excluding hydrogens is 262 g/mol. The molecule has 0 saturated carbocycles. The van der Waals surface area contributed by atoms with Crippen molar-refractivity contribution in [1.29, 1.82) is 0 Å². The standard InChI is InChI=1S/C18H27NO2/c20-18(16-21-15-17-9-3-1-4-10-17)11-5-8-14-19-12-6-2-7-13-19/h1,3-4,9-10H,2,5-8,11-16H2. The van der Waals surface area contributed by atoms with E-state index in [4.69, 9.17) is 4.74 Å². The third-order valence-corrected chi connectivity index (χ3v) is 4.00. The number of hydrogen-bond acceptors (Lipinski definition) is 3. The molecule has 1 aliphatic heterocycles. The molecule has 0 N–H and O–H groups in total. The predicted molar refractivity (Wildman–Crippen MR) is 85.2 cm³/mol. The highest BCUT2D eigenvalue weighted by Gasteiger charge is 2.09. The highest BCUT2D eigenvalue weighted by atomic mass is 16.5. The van der Waals surface area contributed by atoms with Crippen molar-refractivity contribution in [2.24, 2.45) is 0 Å². The molecule has 1 aromatic carbocycles. The zero-order chi connectivity index (χ0) is 14.8. The summed E-state index contributed by atoms with van der Waals surface area (Å²) >= 11 is 0. The maximum Gasteiger partial charge on any atom is 0.158 e. The van der Waals surface area contributed by atoms with Gasteiger partial charge in [0.1, 0.15) is 6.61 Å². The second kappa shape index (κ2) is 9.69. The van der Waals surface area contributed by atoms with Crippen LogP contribution in [-0.2, 0) is 16.1 Å². The highest BCUT2D eigenvalue weighted by Crippen LogP contribution is 2.10.